The van der Waals surface area contributed by atoms with Crippen LogP contribution in [0.3, 0.4) is 0 Å². The number of carbonyl (C=O) groups is 3. The summed E-state index contributed by atoms with van der Waals surface area (Å²) in [6.45, 7) is 3.68. The highest BCUT2D eigenvalue weighted by Crippen LogP contribution is 2.40. The molecule has 29 heavy (non-hydrogen) atoms. The number of imide groups is 1. The van der Waals surface area contributed by atoms with E-state index < -0.39 is 23.8 Å². The Morgan fingerprint density at radius 1 is 1.21 bits per heavy atom. The highest BCUT2D eigenvalue weighted by Gasteiger charge is 2.53. The number of H-pyrrole nitrogens is 1. The summed E-state index contributed by atoms with van der Waals surface area (Å²) >= 11 is 12.1. The maximum Gasteiger partial charge on any atom is 0.236 e. The maximum absolute atomic E-state index is 13.1. The molecule has 0 bridgehead atoms. The average molecular weight is 435 g/mol. The number of likely N-dealkylation sites (tertiary alicyclic amines) is 1. The molecule has 0 spiro atoms. The van der Waals surface area contributed by atoms with Gasteiger partial charge in [0, 0.05) is 7.05 Å². The van der Waals surface area contributed by atoms with Crippen molar-refractivity contribution in [1.29, 1.82) is 0 Å². The van der Waals surface area contributed by atoms with E-state index in [1.54, 1.807) is 25.1 Å². The van der Waals surface area contributed by atoms with E-state index in [2.05, 4.69) is 15.3 Å². The molecule has 9 heteroatoms. The van der Waals surface area contributed by atoms with E-state index in [4.69, 9.17) is 23.2 Å². The number of nitrogens with zero attached hydrogens (tertiary/aromatic N) is 2. The van der Waals surface area contributed by atoms with E-state index in [9.17, 15) is 14.4 Å². The van der Waals surface area contributed by atoms with Crippen LogP contribution in [0.25, 0.3) is 11.0 Å². The standard InChI is InChI=1S/C20H20Cl2N4O3/c1-8-4-5-10-16(20(29)26(3)19(10)28)15(8)18(27)23-9(2)17-24-13-6-11(21)12(22)7-14(13)25-17/h4-10,15-16H,1-3H3,(H,23,27)(H,24,25). The minimum atomic E-state index is -0.673. The number of fused-ring (bicyclic) bond motifs is 2. The van der Waals surface area contributed by atoms with Crippen LogP contribution in [0.5, 0.6) is 0 Å². The number of halogens is 2. The van der Waals surface area contributed by atoms with E-state index >= 15 is 0 Å². The third kappa shape index (κ3) is 3.22. The highest BCUT2D eigenvalue weighted by molar-refractivity contribution is 6.42. The molecule has 1 fully saturated rings. The summed E-state index contributed by atoms with van der Waals surface area (Å²) in [4.78, 5) is 46.7. The van der Waals surface area contributed by atoms with Crippen molar-refractivity contribution < 1.29 is 14.4 Å². The third-order valence-electron chi connectivity index (χ3n) is 5.81. The summed E-state index contributed by atoms with van der Waals surface area (Å²) in [5.41, 5.74) is 1.35. The Morgan fingerprint density at radius 3 is 2.62 bits per heavy atom. The zero-order chi connectivity index (χ0) is 21.0. The summed E-state index contributed by atoms with van der Waals surface area (Å²) in [6.07, 6.45) is 3.59. The second-order valence-electron chi connectivity index (χ2n) is 7.69. The van der Waals surface area contributed by atoms with Gasteiger partial charge in [-0.2, -0.15) is 0 Å². The van der Waals surface area contributed by atoms with Crippen molar-refractivity contribution in [3.8, 4) is 0 Å². The largest absolute Gasteiger partial charge is 0.346 e. The molecule has 0 saturated carbocycles. The number of hydrogen-bond acceptors (Lipinski definition) is 4. The van der Waals surface area contributed by atoms with Crippen LogP contribution in [0.15, 0.2) is 24.3 Å². The summed E-state index contributed by atoms with van der Waals surface area (Å²) in [6, 6.07) is 2.90. The second-order valence-corrected chi connectivity index (χ2v) is 8.51. The van der Waals surface area contributed by atoms with Gasteiger partial charge in [-0.25, -0.2) is 4.98 Å². The molecule has 7 nitrogen and oxygen atoms in total. The average Bonchev–Trinajstić information content (AvgIpc) is 3.17. The number of aromatic amines is 1. The van der Waals surface area contributed by atoms with Crippen LogP contribution in [-0.2, 0) is 14.4 Å². The number of carbonyl (C=O) groups excluding carboxylic acids is 3. The molecular weight excluding hydrogens is 415 g/mol. The Labute approximate surface area is 177 Å². The van der Waals surface area contributed by atoms with Gasteiger partial charge in [0.15, 0.2) is 0 Å². The van der Waals surface area contributed by atoms with Crippen LogP contribution in [-0.4, -0.2) is 39.6 Å². The van der Waals surface area contributed by atoms with Crippen molar-refractivity contribution in [1.82, 2.24) is 20.2 Å². The number of imidazole rings is 1. The summed E-state index contributed by atoms with van der Waals surface area (Å²) in [5, 5.41) is 3.74. The number of rotatable bonds is 3. The zero-order valence-corrected chi connectivity index (χ0v) is 17.6. The Hall–Kier alpha value is -2.38. The maximum atomic E-state index is 13.1. The van der Waals surface area contributed by atoms with E-state index in [1.165, 1.54) is 7.05 Å². The molecular formula is C20H20Cl2N4O3. The van der Waals surface area contributed by atoms with Gasteiger partial charge in [-0.15, -0.1) is 0 Å². The first kappa shape index (κ1) is 19.9. The van der Waals surface area contributed by atoms with E-state index in [0.29, 0.717) is 26.9 Å². The van der Waals surface area contributed by atoms with Gasteiger partial charge in [0.2, 0.25) is 17.7 Å². The molecule has 1 aliphatic heterocycles. The van der Waals surface area contributed by atoms with E-state index in [1.807, 2.05) is 13.0 Å². The quantitative estimate of drug-likeness (QED) is 0.572. The van der Waals surface area contributed by atoms with Gasteiger partial charge in [-0.1, -0.05) is 42.3 Å². The van der Waals surface area contributed by atoms with Crippen molar-refractivity contribution in [2.45, 2.75) is 19.9 Å². The van der Waals surface area contributed by atoms with Gasteiger partial charge in [0.1, 0.15) is 5.82 Å². The predicted molar refractivity (Wildman–Crippen MR) is 109 cm³/mol. The monoisotopic (exact) mass is 434 g/mol. The zero-order valence-electron chi connectivity index (χ0n) is 16.1. The number of amides is 3. The number of aromatic nitrogens is 2. The van der Waals surface area contributed by atoms with Gasteiger partial charge >= 0.3 is 0 Å². The van der Waals surface area contributed by atoms with Crippen molar-refractivity contribution in [2.75, 3.05) is 7.05 Å². The second kappa shape index (κ2) is 7.15. The Balaban J connectivity index is 1.57. The molecule has 2 N–H and O–H groups in total. The van der Waals surface area contributed by atoms with Crippen molar-refractivity contribution in [3.63, 3.8) is 0 Å². The molecule has 1 aliphatic carbocycles. The molecule has 1 saturated heterocycles. The SMILES string of the molecule is CC(NC(=O)C1C(C)C=CC2C(=O)N(C)C(=O)C21)c1nc2cc(Cl)c(Cl)cc2[nH]1. The minimum absolute atomic E-state index is 0.167. The van der Waals surface area contributed by atoms with Crippen LogP contribution in [0.4, 0.5) is 0 Å². The molecule has 1 aromatic heterocycles. The predicted octanol–water partition coefficient (Wildman–Crippen LogP) is 3.10. The first-order chi connectivity index (χ1) is 13.7. The fraction of sp³-hybridized carbons (Fsp3) is 0.400. The lowest BCUT2D eigenvalue weighted by molar-refractivity contribution is -0.141. The normalized spacial score (nSPS) is 27.4. The van der Waals surface area contributed by atoms with E-state index in [-0.39, 0.29) is 23.6 Å². The van der Waals surface area contributed by atoms with Gasteiger partial charge in [0.25, 0.3) is 0 Å². The summed E-state index contributed by atoms with van der Waals surface area (Å²) in [7, 11) is 1.46. The molecule has 2 aliphatic rings. The number of hydrogen-bond donors (Lipinski definition) is 2. The fourth-order valence-corrected chi connectivity index (χ4v) is 4.51. The number of benzene rings is 1. The number of nitrogens with one attached hydrogen (secondary N) is 2. The Kier molecular flexibility index (Phi) is 4.91. The smallest absolute Gasteiger partial charge is 0.236 e. The van der Waals surface area contributed by atoms with Crippen LogP contribution in [0, 0.1) is 23.7 Å². The summed E-state index contributed by atoms with van der Waals surface area (Å²) in [5.74, 6) is -2.34. The van der Waals surface area contributed by atoms with Crippen LogP contribution >= 0.6 is 23.2 Å². The van der Waals surface area contributed by atoms with E-state index in [0.717, 1.165) is 4.90 Å². The fourth-order valence-electron chi connectivity index (χ4n) is 4.19. The Morgan fingerprint density at radius 2 is 1.90 bits per heavy atom. The molecule has 2 heterocycles. The van der Waals surface area contributed by atoms with Gasteiger partial charge in [0.05, 0.1) is 44.9 Å². The van der Waals surface area contributed by atoms with Crippen molar-refractivity contribution >= 4 is 52.0 Å². The number of allylic oxidation sites excluding steroid dienone is 1. The van der Waals surface area contributed by atoms with Crippen LogP contribution < -0.4 is 5.32 Å². The molecule has 3 amide bonds. The highest BCUT2D eigenvalue weighted by atomic mass is 35.5. The van der Waals surface area contributed by atoms with Gasteiger partial charge < -0.3 is 10.3 Å². The lowest BCUT2D eigenvalue weighted by Gasteiger charge is -2.31. The minimum Gasteiger partial charge on any atom is -0.346 e. The molecule has 4 rings (SSSR count). The lowest BCUT2D eigenvalue weighted by atomic mass is 9.71. The molecule has 1 aromatic carbocycles. The molecule has 0 radical (unpaired) electrons. The third-order valence-corrected chi connectivity index (χ3v) is 6.53. The van der Waals surface area contributed by atoms with Gasteiger partial charge in [-0.3, -0.25) is 19.3 Å². The first-order valence-corrected chi connectivity index (χ1v) is 10.1. The lowest BCUT2D eigenvalue weighted by Crippen LogP contribution is -2.44. The topological polar surface area (TPSA) is 95.2 Å². The molecule has 5 unspecified atom stereocenters. The van der Waals surface area contributed by atoms with Crippen LogP contribution in [0.2, 0.25) is 10.0 Å². The first-order valence-electron chi connectivity index (χ1n) is 9.33. The molecule has 2 aromatic rings. The molecule has 152 valence electrons. The molecule has 5 atom stereocenters. The van der Waals surface area contributed by atoms with Gasteiger partial charge in [-0.05, 0) is 25.0 Å². The van der Waals surface area contributed by atoms with Crippen molar-refractivity contribution in [3.05, 3.63) is 40.2 Å². The summed E-state index contributed by atoms with van der Waals surface area (Å²) < 4.78 is 0. The Bertz CT molecular complexity index is 1020. The van der Waals surface area contributed by atoms with Crippen LogP contribution in [0.1, 0.15) is 25.7 Å². The van der Waals surface area contributed by atoms with Crippen molar-refractivity contribution in [2.24, 2.45) is 23.7 Å².